The van der Waals surface area contributed by atoms with E-state index in [2.05, 4.69) is 39.4 Å². The van der Waals surface area contributed by atoms with Crippen LogP contribution >= 0.6 is 27.5 Å². The fourth-order valence-electron chi connectivity index (χ4n) is 3.92. The summed E-state index contributed by atoms with van der Waals surface area (Å²) >= 11 is 9.77. The molecule has 3 rings (SSSR count). The molecule has 2 aliphatic rings. The molecule has 1 heterocycles. The molecule has 0 amide bonds. The average molecular weight is 343 g/mol. The minimum atomic E-state index is 0.690. The van der Waals surface area contributed by atoms with Gasteiger partial charge in [0.05, 0.1) is 5.02 Å². The van der Waals surface area contributed by atoms with E-state index in [1.807, 2.05) is 0 Å². The van der Waals surface area contributed by atoms with Gasteiger partial charge in [-0.3, -0.25) is 0 Å². The summed E-state index contributed by atoms with van der Waals surface area (Å²) < 4.78 is 1.00. The molecule has 1 N–H and O–H groups in total. The van der Waals surface area contributed by atoms with E-state index in [-0.39, 0.29) is 0 Å². The highest BCUT2D eigenvalue weighted by Crippen LogP contribution is 2.42. The zero-order valence-corrected chi connectivity index (χ0v) is 13.5. The first kappa shape index (κ1) is 13.9. The first-order valence-corrected chi connectivity index (χ1v) is 8.58. The van der Waals surface area contributed by atoms with Gasteiger partial charge in [-0.2, -0.15) is 0 Å². The summed E-state index contributed by atoms with van der Waals surface area (Å²) in [6, 6.07) is 6.53. The molecule has 3 heteroatoms. The van der Waals surface area contributed by atoms with Crippen LogP contribution in [0.25, 0.3) is 0 Å². The van der Waals surface area contributed by atoms with Crippen LogP contribution < -0.4 is 5.32 Å². The highest BCUT2D eigenvalue weighted by molar-refractivity contribution is 9.10. The van der Waals surface area contributed by atoms with Gasteiger partial charge >= 0.3 is 0 Å². The highest BCUT2D eigenvalue weighted by atomic mass is 79.9. The Morgan fingerprint density at radius 2 is 1.95 bits per heavy atom. The standard InChI is InChI=1S/C16H21BrClN/c17-15-6-5-12(9-16(15)18)13-7-8-19-10-14(13)11-3-1-2-4-11/h5-6,9,11,13-14,19H,1-4,7-8,10H2. The van der Waals surface area contributed by atoms with Crippen molar-refractivity contribution in [2.24, 2.45) is 11.8 Å². The molecule has 2 fully saturated rings. The Morgan fingerprint density at radius 3 is 2.68 bits per heavy atom. The maximum absolute atomic E-state index is 6.28. The average Bonchev–Trinajstić information content (AvgIpc) is 2.96. The number of benzene rings is 1. The highest BCUT2D eigenvalue weighted by Gasteiger charge is 2.34. The number of nitrogens with one attached hydrogen (secondary N) is 1. The summed E-state index contributed by atoms with van der Waals surface area (Å²) in [5.74, 6) is 2.41. The molecule has 1 saturated carbocycles. The summed E-state index contributed by atoms with van der Waals surface area (Å²) in [5, 5.41) is 4.44. The molecule has 0 aromatic heterocycles. The second-order valence-electron chi connectivity index (χ2n) is 5.98. The van der Waals surface area contributed by atoms with Crippen molar-refractivity contribution in [3.05, 3.63) is 33.3 Å². The predicted molar refractivity (Wildman–Crippen MR) is 84.8 cm³/mol. The fraction of sp³-hybridized carbons (Fsp3) is 0.625. The summed E-state index contributed by atoms with van der Waals surface area (Å²) in [7, 11) is 0. The largest absolute Gasteiger partial charge is 0.316 e. The molecule has 1 aliphatic heterocycles. The van der Waals surface area contributed by atoms with E-state index in [9.17, 15) is 0 Å². The van der Waals surface area contributed by atoms with Gasteiger partial charge < -0.3 is 5.32 Å². The Bertz CT molecular complexity index is 442. The third-order valence-electron chi connectivity index (χ3n) is 4.91. The molecule has 1 saturated heterocycles. The van der Waals surface area contributed by atoms with Crippen LogP contribution in [0, 0.1) is 11.8 Å². The lowest BCUT2D eigenvalue weighted by atomic mass is 9.74. The Labute approximate surface area is 129 Å². The lowest BCUT2D eigenvalue weighted by Crippen LogP contribution is -2.38. The minimum Gasteiger partial charge on any atom is -0.316 e. The summed E-state index contributed by atoms with van der Waals surface area (Å²) in [5.41, 5.74) is 1.44. The molecule has 19 heavy (non-hydrogen) atoms. The second kappa shape index (κ2) is 6.15. The molecule has 1 aliphatic carbocycles. The van der Waals surface area contributed by atoms with E-state index in [1.54, 1.807) is 0 Å². The lowest BCUT2D eigenvalue weighted by molar-refractivity contribution is 0.231. The van der Waals surface area contributed by atoms with Gasteiger partial charge in [-0.25, -0.2) is 0 Å². The van der Waals surface area contributed by atoms with E-state index in [0.717, 1.165) is 27.9 Å². The molecule has 104 valence electrons. The van der Waals surface area contributed by atoms with Crippen LogP contribution in [0.5, 0.6) is 0 Å². The molecule has 1 aromatic rings. The number of piperidine rings is 1. The first-order valence-electron chi connectivity index (χ1n) is 7.41. The van der Waals surface area contributed by atoms with Crippen LogP contribution in [0.2, 0.25) is 5.02 Å². The SMILES string of the molecule is Clc1cc(C2CCNCC2C2CCCC2)ccc1Br. The third-order valence-corrected chi connectivity index (χ3v) is 6.14. The molecule has 0 radical (unpaired) electrons. The summed E-state index contributed by atoms with van der Waals surface area (Å²) in [4.78, 5) is 0. The fourth-order valence-corrected chi connectivity index (χ4v) is 4.36. The van der Waals surface area contributed by atoms with Crippen molar-refractivity contribution in [3.63, 3.8) is 0 Å². The van der Waals surface area contributed by atoms with Crippen molar-refractivity contribution < 1.29 is 0 Å². The molecule has 1 nitrogen and oxygen atoms in total. The number of rotatable bonds is 2. The number of hydrogen-bond donors (Lipinski definition) is 1. The molecule has 0 bridgehead atoms. The van der Waals surface area contributed by atoms with E-state index in [0.29, 0.717) is 5.92 Å². The minimum absolute atomic E-state index is 0.690. The number of halogens is 2. The van der Waals surface area contributed by atoms with Crippen molar-refractivity contribution in [3.8, 4) is 0 Å². The van der Waals surface area contributed by atoms with Crippen LogP contribution in [0.4, 0.5) is 0 Å². The van der Waals surface area contributed by atoms with Crippen molar-refractivity contribution in [2.75, 3.05) is 13.1 Å². The zero-order chi connectivity index (χ0) is 13.2. The Balaban J connectivity index is 1.84. The van der Waals surface area contributed by atoms with Crippen molar-refractivity contribution in [1.82, 2.24) is 5.32 Å². The van der Waals surface area contributed by atoms with Gasteiger partial charge in [0.1, 0.15) is 0 Å². The molecule has 1 aromatic carbocycles. The topological polar surface area (TPSA) is 12.0 Å². The van der Waals surface area contributed by atoms with Gasteiger partial charge in [0.15, 0.2) is 0 Å². The summed E-state index contributed by atoms with van der Waals surface area (Å²) in [6.45, 7) is 2.32. The Kier molecular flexibility index (Phi) is 4.51. The first-order chi connectivity index (χ1) is 9.25. The monoisotopic (exact) mass is 341 g/mol. The van der Waals surface area contributed by atoms with Crippen molar-refractivity contribution in [1.29, 1.82) is 0 Å². The second-order valence-corrected chi connectivity index (χ2v) is 7.24. The van der Waals surface area contributed by atoms with Crippen LogP contribution in [0.3, 0.4) is 0 Å². The van der Waals surface area contributed by atoms with Crippen LogP contribution in [0.1, 0.15) is 43.6 Å². The van der Waals surface area contributed by atoms with Gasteiger partial charge in [-0.05, 0) is 70.9 Å². The molecular formula is C16H21BrClN. The molecule has 2 atom stereocenters. The normalized spacial score (nSPS) is 28.7. The Morgan fingerprint density at radius 1 is 1.16 bits per heavy atom. The van der Waals surface area contributed by atoms with Crippen molar-refractivity contribution in [2.45, 2.75) is 38.0 Å². The molecule has 0 spiro atoms. The van der Waals surface area contributed by atoms with Crippen LogP contribution in [-0.4, -0.2) is 13.1 Å². The smallest absolute Gasteiger partial charge is 0.0550 e. The van der Waals surface area contributed by atoms with E-state index >= 15 is 0 Å². The van der Waals surface area contributed by atoms with Gasteiger partial charge in [-0.15, -0.1) is 0 Å². The molecular weight excluding hydrogens is 322 g/mol. The van der Waals surface area contributed by atoms with E-state index in [4.69, 9.17) is 11.6 Å². The third kappa shape index (κ3) is 3.01. The zero-order valence-electron chi connectivity index (χ0n) is 11.2. The predicted octanol–water partition coefficient (Wildman–Crippen LogP) is 4.99. The maximum atomic E-state index is 6.28. The number of hydrogen-bond acceptors (Lipinski definition) is 1. The van der Waals surface area contributed by atoms with Crippen LogP contribution in [0.15, 0.2) is 22.7 Å². The Hall–Kier alpha value is -0.0500. The van der Waals surface area contributed by atoms with E-state index < -0.39 is 0 Å². The molecule has 2 unspecified atom stereocenters. The van der Waals surface area contributed by atoms with Gasteiger partial charge in [0.25, 0.3) is 0 Å². The van der Waals surface area contributed by atoms with Gasteiger partial charge in [0.2, 0.25) is 0 Å². The van der Waals surface area contributed by atoms with Crippen LogP contribution in [-0.2, 0) is 0 Å². The van der Waals surface area contributed by atoms with E-state index in [1.165, 1.54) is 44.2 Å². The van der Waals surface area contributed by atoms with Gasteiger partial charge in [-0.1, -0.05) is 43.4 Å². The summed E-state index contributed by atoms with van der Waals surface area (Å²) in [6.07, 6.45) is 6.95. The quantitative estimate of drug-likeness (QED) is 0.798. The maximum Gasteiger partial charge on any atom is 0.0550 e. The van der Waals surface area contributed by atoms with Gasteiger partial charge in [0, 0.05) is 4.47 Å². The van der Waals surface area contributed by atoms with Crippen molar-refractivity contribution >= 4 is 27.5 Å². The lowest BCUT2D eigenvalue weighted by Gasteiger charge is -2.36.